The number of aliphatic hydroxyl groups is 1. The minimum Gasteiger partial charge on any atom is -0.507 e. The number of rotatable bonds is 3. The molecule has 0 spiro atoms. The highest BCUT2D eigenvalue weighted by atomic mass is 16.3. The van der Waals surface area contributed by atoms with Gasteiger partial charge in [0.15, 0.2) is 0 Å². The summed E-state index contributed by atoms with van der Waals surface area (Å²) in [5, 5.41) is 22.5. The Morgan fingerprint density at radius 3 is 2.53 bits per heavy atom. The molecule has 4 heteroatoms. The first-order chi connectivity index (χ1) is 8.99. The first-order valence-corrected chi connectivity index (χ1v) is 6.72. The van der Waals surface area contributed by atoms with Crippen molar-refractivity contribution in [1.29, 1.82) is 0 Å². The van der Waals surface area contributed by atoms with Gasteiger partial charge in [-0.2, -0.15) is 0 Å². The van der Waals surface area contributed by atoms with Gasteiger partial charge in [-0.15, -0.1) is 0 Å². The van der Waals surface area contributed by atoms with E-state index in [0.29, 0.717) is 0 Å². The number of hydrogen-bond acceptors (Lipinski definition) is 3. The van der Waals surface area contributed by atoms with Crippen LogP contribution in [0.3, 0.4) is 0 Å². The van der Waals surface area contributed by atoms with Gasteiger partial charge in [0, 0.05) is 0 Å². The van der Waals surface area contributed by atoms with Crippen molar-refractivity contribution in [2.75, 3.05) is 6.61 Å². The maximum Gasteiger partial charge on any atom is 0.255 e. The summed E-state index contributed by atoms with van der Waals surface area (Å²) in [5.74, 6) is -0.278. The number of nitrogens with one attached hydrogen (secondary N) is 1. The van der Waals surface area contributed by atoms with E-state index in [1.807, 2.05) is 13.0 Å². The molecular formula is C15H21NO3. The molecule has 0 aliphatic heterocycles. The second-order valence-electron chi connectivity index (χ2n) is 5.50. The molecule has 0 saturated heterocycles. The molecule has 0 radical (unpaired) electrons. The smallest absolute Gasteiger partial charge is 0.255 e. The first-order valence-electron chi connectivity index (χ1n) is 6.72. The molecule has 0 bridgehead atoms. The van der Waals surface area contributed by atoms with Crippen LogP contribution in [0.25, 0.3) is 0 Å². The summed E-state index contributed by atoms with van der Waals surface area (Å²) in [6, 6.07) is 3.46. The zero-order valence-electron chi connectivity index (χ0n) is 11.5. The van der Waals surface area contributed by atoms with Crippen LogP contribution in [0.15, 0.2) is 12.1 Å². The largest absolute Gasteiger partial charge is 0.507 e. The third-order valence-corrected chi connectivity index (χ3v) is 4.19. The molecule has 1 aromatic rings. The Bertz CT molecular complexity index is 490. The van der Waals surface area contributed by atoms with Crippen molar-refractivity contribution >= 4 is 5.91 Å². The number of amides is 1. The van der Waals surface area contributed by atoms with E-state index in [0.717, 1.165) is 36.8 Å². The predicted molar refractivity (Wildman–Crippen MR) is 73.3 cm³/mol. The lowest BCUT2D eigenvalue weighted by Crippen LogP contribution is -2.49. The summed E-state index contributed by atoms with van der Waals surface area (Å²) in [4.78, 5) is 12.3. The number of benzene rings is 1. The van der Waals surface area contributed by atoms with Crippen LogP contribution in [0.2, 0.25) is 0 Å². The molecule has 0 unspecified atom stereocenters. The summed E-state index contributed by atoms with van der Waals surface area (Å²) in [5.41, 5.74) is 1.44. The van der Waals surface area contributed by atoms with Gasteiger partial charge in [0.05, 0.1) is 17.7 Å². The number of phenols is 1. The third-order valence-electron chi connectivity index (χ3n) is 4.19. The molecule has 0 aromatic heterocycles. The molecule has 1 aliphatic carbocycles. The number of aliphatic hydroxyl groups excluding tert-OH is 1. The van der Waals surface area contributed by atoms with E-state index in [1.54, 1.807) is 13.0 Å². The van der Waals surface area contributed by atoms with Gasteiger partial charge in [-0.3, -0.25) is 4.79 Å². The summed E-state index contributed by atoms with van der Waals surface area (Å²) < 4.78 is 0. The van der Waals surface area contributed by atoms with E-state index in [-0.39, 0.29) is 23.8 Å². The number of aryl methyl sites for hydroxylation is 1. The minimum absolute atomic E-state index is 0.0311. The summed E-state index contributed by atoms with van der Waals surface area (Å²) >= 11 is 0. The average Bonchev–Trinajstić information content (AvgIpc) is 2.85. The highest BCUT2D eigenvalue weighted by Gasteiger charge is 2.35. The van der Waals surface area contributed by atoms with Crippen LogP contribution in [0.4, 0.5) is 0 Å². The van der Waals surface area contributed by atoms with Gasteiger partial charge in [0.2, 0.25) is 0 Å². The fourth-order valence-electron chi connectivity index (χ4n) is 2.67. The van der Waals surface area contributed by atoms with Crippen LogP contribution in [0, 0.1) is 13.8 Å². The Morgan fingerprint density at radius 1 is 1.32 bits per heavy atom. The maximum atomic E-state index is 12.3. The zero-order chi connectivity index (χ0) is 14.0. The lowest BCUT2D eigenvalue weighted by Gasteiger charge is -2.28. The summed E-state index contributed by atoms with van der Waals surface area (Å²) in [6.45, 7) is 3.63. The van der Waals surface area contributed by atoms with Gasteiger partial charge in [-0.1, -0.05) is 18.9 Å². The van der Waals surface area contributed by atoms with Gasteiger partial charge in [-0.05, 0) is 43.9 Å². The van der Waals surface area contributed by atoms with Crippen molar-refractivity contribution < 1.29 is 15.0 Å². The molecule has 2 rings (SSSR count). The number of carbonyl (C=O) groups excluding carboxylic acids is 1. The molecule has 1 fully saturated rings. The fourth-order valence-corrected chi connectivity index (χ4v) is 2.67. The quantitative estimate of drug-likeness (QED) is 0.781. The Morgan fingerprint density at radius 2 is 1.95 bits per heavy atom. The summed E-state index contributed by atoms with van der Waals surface area (Å²) in [7, 11) is 0. The number of phenolic OH excluding ortho intramolecular Hbond substituents is 1. The van der Waals surface area contributed by atoms with Crippen LogP contribution in [0.1, 0.15) is 47.2 Å². The molecule has 3 N–H and O–H groups in total. The normalized spacial score (nSPS) is 17.4. The lowest BCUT2D eigenvalue weighted by atomic mass is 9.97. The van der Waals surface area contributed by atoms with Crippen LogP contribution in [-0.2, 0) is 0 Å². The zero-order valence-corrected chi connectivity index (χ0v) is 11.5. The highest BCUT2D eigenvalue weighted by Crippen LogP contribution is 2.31. The Balaban J connectivity index is 2.23. The van der Waals surface area contributed by atoms with Crippen molar-refractivity contribution in [3.8, 4) is 5.75 Å². The molecule has 1 saturated carbocycles. The molecule has 1 aliphatic rings. The van der Waals surface area contributed by atoms with E-state index in [2.05, 4.69) is 5.32 Å². The van der Waals surface area contributed by atoms with Gasteiger partial charge in [0.1, 0.15) is 5.75 Å². The van der Waals surface area contributed by atoms with E-state index in [1.165, 1.54) is 0 Å². The van der Waals surface area contributed by atoms with E-state index < -0.39 is 5.54 Å². The van der Waals surface area contributed by atoms with Crippen LogP contribution >= 0.6 is 0 Å². The monoisotopic (exact) mass is 263 g/mol. The standard InChI is InChI=1S/C15H21NO3/c1-10-5-6-12(13(18)11(10)2)14(19)16-15(9-17)7-3-4-8-15/h5-6,17-18H,3-4,7-9H2,1-2H3,(H,16,19). The molecular weight excluding hydrogens is 242 g/mol. The second-order valence-corrected chi connectivity index (χ2v) is 5.50. The Labute approximate surface area is 113 Å². The molecule has 4 nitrogen and oxygen atoms in total. The number of aromatic hydroxyl groups is 1. The third kappa shape index (κ3) is 2.59. The molecule has 0 atom stereocenters. The summed E-state index contributed by atoms with van der Waals surface area (Å²) in [6.07, 6.45) is 3.61. The highest BCUT2D eigenvalue weighted by molar-refractivity contribution is 5.97. The molecule has 19 heavy (non-hydrogen) atoms. The van der Waals surface area contributed by atoms with Crippen molar-refractivity contribution in [3.05, 3.63) is 28.8 Å². The predicted octanol–water partition coefficient (Wildman–Crippen LogP) is 2.04. The van der Waals surface area contributed by atoms with Crippen LogP contribution < -0.4 is 5.32 Å². The molecule has 0 heterocycles. The molecule has 1 amide bonds. The van der Waals surface area contributed by atoms with Crippen molar-refractivity contribution in [1.82, 2.24) is 5.32 Å². The topological polar surface area (TPSA) is 69.6 Å². The van der Waals surface area contributed by atoms with Crippen LogP contribution in [-0.4, -0.2) is 28.3 Å². The van der Waals surface area contributed by atoms with Gasteiger partial charge in [0.25, 0.3) is 5.91 Å². The molecule has 104 valence electrons. The minimum atomic E-state index is -0.512. The van der Waals surface area contributed by atoms with E-state index in [9.17, 15) is 15.0 Å². The molecule has 1 aromatic carbocycles. The first kappa shape index (κ1) is 13.9. The van der Waals surface area contributed by atoms with Crippen molar-refractivity contribution in [3.63, 3.8) is 0 Å². The SMILES string of the molecule is Cc1ccc(C(=O)NC2(CO)CCCC2)c(O)c1C. The number of carbonyl (C=O) groups is 1. The van der Waals surface area contributed by atoms with E-state index >= 15 is 0 Å². The number of hydrogen-bond donors (Lipinski definition) is 3. The van der Waals surface area contributed by atoms with Crippen LogP contribution in [0.5, 0.6) is 5.75 Å². The van der Waals surface area contributed by atoms with Gasteiger partial charge in [-0.25, -0.2) is 0 Å². The lowest BCUT2D eigenvalue weighted by molar-refractivity contribution is 0.0835. The second kappa shape index (κ2) is 5.21. The maximum absolute atomic E-state index is 12.3. The van der Waals surface area contributed by atoms with Gasteiger partial charge >= 0.3 is 0 Å². The Hall–Kier alpha value is -1.55. The fraction of sp³-hybridized carbons (Fsp3) is 0.533. The Kier molecular flexibility index (Phi) is 3.80. The van der Waals surface area contributed by atoms with Crippen molar-refractivity contribution in [2.24, 2.45) is 0 Å². The van der Waals surface area contributed by atoms with Gasteiger partial charge < -0.3 is 15.5 Å². The van der Waals surface area contributed by atoms with E-state index in [4.69, 9.17) is 0 Å². The van der Waals surface area contributed by atoms with Crippen molar-refractivity contribution in [2.45, 2.75) is 45.1 Å². The average molecular weight is 263 g/mol.